The molecule has 0 saturated carbocycles. The molecule has 1 fully saturated rings. The van der Waals surface area contributed by atoms with Crippen LogP contribution in [0, 0.1) is 5.82 Å². The van der Waals surface area contributed by atoms with Gasteiger partial charge in [0.25, 0.3) is 5.91 Å². The van der Waals surface area contributed by atoms with Crippen LogP contribution in [0.1, 0.15) is 34.3 Å². The maximum atomic E-state index is 13.5. The standard InChI is InChI=1S/C21H16FN5O2S2/c22-14-5-1-3-12(9-14)17-23-18(29-25-17)13-4-2-6-26(11-13)20(28)16-10-15-19(31-16)24-21-27(15)7-8-30-21/h1,3,5,7-10,13H,2,4,6,11H2. The van der Waals surface area contributed by atoms with Gasteiger partial charge in [-0.05, 0) is 31.0 Å². The zero-order chi connectivity index (χ0) is 20.9. The van der Waals surface area contributed by atoms with Crippen LogP contribution in [0.3, 0.4) is 0 Å². The summed E-state index contributed by atoms with van der Waals surface area (Å²) in [6.45, 7) is 1.21. The lowest BCUT2D eigenvalue weighted by atomic mass is 9.98. The van der Waals surface area contributed by atoms with Crippen molar-refractivity contribution in [3.05, 3.63) is 58.5 Å². The Bertz CT molecular complexity index is 1420. The molecule has 7 nitrogen and oxygen atoms in total. The van der Waals surface area contributed by atoms with Gasteiger partial charge < -0.3 is 9.42 Å². The fourth-order valence-corrected chi connectivity index (χ4v) is 5.79. The number of likely N-dealkylation sites (tertiary alicyclic amines) is 1. The highest BCUT2D eigenvalue weighted by Crippen LogP contribution is 2.32. The Morgan fingerprint density at radius 1 is 1.26 bits per heavy atom. The van der Waals surface area contributed by atoms with Crippen molar-refractivity contribution in [2.24, 2.45) is 0 Å². The third kappa shape index (κ3) is 3.22. The van der Waals surface area contributed by atoms with Crippen molar-refractivity contribution in [3.63, 3.8) is 0 Å². The normalized spacial score (nSPS) is 17.1. The SMILES string of the molecule is O=C(c1cc2c(nc3sccn32)s1)N1CCCC(c2nc(-c3cccc(F)c3)no2)C1. The van der Waals surface area contributed by atoms with Crippen molar-refractivity contribution in [1.82, 2.24) is 24.4 Å². The van der Waals surface area contributed by atoms with Crippen LogP contribution in [0.15, 0.2) is 46.4 Å². The fraction of sp³-hybridized carbons (Fsp3) is 0.238. The summed E-state index contributed by atoms with van der Waals surface area (Å²) in [5, 5.41) is 6.00. The highest BCUT2D eigenvalue weighted by Gasteiger charge is 2.30. The smallest absolute Gasteiger partial charge is 0.264 e. The van der Waals surface area contributed by atoms with Gasteiger partial charge in [0.15, 0.2) is 4.96 Å². The summed E-state index contributed by atoms with van der Waals surface area (Å²) < 4.78 is 21.0. The van der Waals surface area contributed by atoms with E-state index < -0.39 is 0 Å². The number of rotatable bonds is 3. The molecular weight excluding hydrogens is 437 g/mol. The molecule has 0 N–H and O–H groups in total. The average molecular weight is 454 g/mol. The van der Waals surface area contributed by atoms with E-state index in [1.807, 2.05) is 26.9 Å². The first-order valence-corrected chi connectivity index (χ1v) is 11.6. The fourth-order valence-electron chi connectivity index (χ4n) is 4.02. The maximum Gasteiger partial charge on any atom is 0.264 e. The summed E-state index contributed by atoms with van der Waals surface area (Å²) >= 11 is 3.00. The number of amides is 1. The number of hydrogen-bond acceptors (Lipinski definition) is 7. The van der Waals surface area contributed by atoms with Gasteiger partial charge >= 0.3 is 0 Å². The minimum absolute atomic E-state index is 0.00143. The number of thiophene rings is 1. The number of carbonyl (C=O) groups excluding carboxylic acids is 1. The molecule has 5 heterocycles. The van der Waals surface area contributed by atoms with Gasteiger partial charge in [-0.2, -0.15) is 4.98 Å². The molecule has 1 aliphatic rings. The van der Waals surface area contributed by atoms with E-state index in [9.17, 15) is 9.18 Å². The van der Waals surface area contributed by atoms with Gasteiger partial charge in [-0.1, -0.05) is 17.3 Å². The molecule has 0 bridgehead atoms. The molecule has 1 saturated heterocycles. The van der Waals surface area contributed by atoms with Crippen LogP contribution in [0.2, 0.25) is 0 Å². The number of aromatic nitrogens is 4. The molecule has 6 rings (SSSR count). The number of thiazole rings is 1. The first-order valence-electron chi connectivity index (χ1n) is 9.89. The molecule has 156 valence electrons. The summed E-state index contributed by atoms with van der Waals surface area (Å²) in [4.78, 5) is 26.6. The second-order valence-corrected chi connectivity index (χ2v) is 9.43. The topological polar surface area (TPSA) is 76.5 Å². The van der Waals surface area contributed by atoms with Crippen molar-refractivity contribution in [1.29, 1.82) is 0 Å². The molecule has 1 amide bonds. The van der Waals surface area contributed by atoms with Crippen molar-refractivity contribution in [2.75, 3.05) is 13.1 Å². The van der Waals surface area contributed by atoms with Gasteiger partial charge in [-0.15, -0.1) is 22.7 Å². The van der Waals surface area contributed by atoms with Crippen LogP contribution >= 0.6 is 22.7 Å². The Kier molecular flexibility index (Phi) is 4.35. The van der Waals surface area contributed by atoms with Gasteiger partial charge in [0.05, 0.1) is 16.3 Å². The summed E-state index contributed by atoms with van der Waals surface area (Å²) in [5.41, 5.74) is 1.54. The van der Waals surface area contributed by atoms with Crippen LogP contribution in [0.5, 0.6) is 0 Å². The predicted octanol–water partition coefficient (Wildman–Crippen LogP) is 4.82. The van der Waals surface area contributed by atoms with Crippen LogP contribution in [-0.2, 0) is 0 Å². The van der Waals surface area contributed by atoms with E-state index in [1.54, 1.807) is 23.5 Å². The highest BCUT2D eigenvalue weighted by atomic mass is 32.1. The van der Waals surface area contributed by atoms with E-state index >= 15 is 0 Å². The maximum absolute atomic E-state index is 13.5. The second kappa shape index (κ2) is 7.24. The summed E-state index contributed by atoms with van der Waals surface area (Å²) in [5.74, 6) is 0.459. The van der Waals surface area contributed by atoms with Gasteiger partial charge in [0.2, 0.25) is 11.7 Å². The summed E-state index contributed by atoms with van der Waals surface area (Å²) in [6, 6.07) is 8.04. The number of benzene rings is 1. The minimum Gasteiger partial charge on any atom is -0.339 e. The molecular formula is C21H16FN5O2S2. The lowest BCUT2D eigenvalue weighted by Gasteiger charge is -2.30. The second-order valence-electron chi connectivity index (χ2n) is 7.53. The van der Waals surface area contributed by atoms with E-state index in [2.05, 4.69) is 15.1 Å². The number of hydrogen-bond donors (Lipinski definition) is 0. The van der Waals surface area contributed by atoms with Crippen molar-refractivity contribution in [3.8, 4) is 11.4 Å². The van der Waals surface area contributed by atoms with Crippen LogP contribution in [0.4, 0.5) is 4.39 Å². The van der Waals surface area contributed by atoms with Crippen molar-refractivity contribution in [2.45, 2.75) is 18.8 Å². The number of carbonyl (C=O) groups is 1. The first kappa shape index (κ1) is 18.6. The number of imidazole rings is 1. The molecule has 1 aromatic carbocycles. The molecule has 0 aliphatic carbocycles. The predicted molar refractivity (Wildman–Crippen MR) is 116 cm³/mol. The first-order chi connectivity index (χ1) is 15.2. The van der Waals surface area contributed by atoms with Gasteiger partial charge in [-0.3, -0.25) is 9.20 Å². The van der Waals surface area contributed by atoms with E-state index in [0.29, 0.717) is 35.2 Å². The molecule has 31 heavy (non-hydrogen) atoms. The third-order valence-electron chi connectivity index (χ3n) is 5.53. The Balaban J connectivity index is 1.23. The Morgan fingerprint density at radius 3 is 3.10 bits per heavy atom. The van der Waals surface area contributed by atoms with Gasteiger partial charge in [0, 0.05) is 30.2 Å². The molecule has 0 radical (unpaired) electrons. The number of halogens is 1. The molecule has 0 spiro atoms. The van der Waals surface area contributed by atoms with Gasteiger partial charge in [-0.25, -0.2) is 9.37 Å². The van der Waals surface area contributed by atoms with Crippen molar-refractivity contribution >= 4 is 43.9 Å². The monoisotopic (exact) mass is 453 g/mol. The number of piperidine rings is 1. The van der Waals surface area contributed by atoms with E-state index in [4.69, 9.17) is 4.52 Å². The van der Waals surface area contributed by atoms with Gasteiger partial charge in [0.1, 0.15) is 10.6 Å². The van der Waals surface area contributed by atoms with Crippen LogP contribution < -0.4 is 0 Å². The summed E-state index contributed by atoms with van der Waals surface area (Å²) in [7, 11) is 0. The minimum atomic E-state index is -0.347. The van der Waals surface area contributed by atoms with E-state index in [0.717, 1.165) is 28.1 Å². The van der Waals surface area contributed by atoms with Crippen LogP contribution in [0.25, 0.3) is 26.7 Å². The van der Waals surface area contributed by atoms with Crippen molar-refractivity contribution < 1.29 is 13.7 Å². The Hall–Kier alpha value is -3.11. The average Bonchev–Trinajstić information content (AvgIpc) is 3.55. The molecule has 4 aromatic heterocycles. The number of fused-ring (bicyclic) bond motifs is 3. The third-order valence-corrected chi connectivity index (χ3v) is 7.30. The number of nitrogens with zero attached hydrogens (tertiary/aromatic N) is 5. The summed E-state index contributed by atoms with van der Waals surface area (Å²) in [6.07, 6.45) is 3.69. The highest BCUT2D eigenvalue weighted by molar-refractivity contribution is 7.21. The molecule has 1 aliphatic heterocycles. The lowest BCUT2D eigenvalue weighted by Crippen LogP contribution is -2.38. The molecule has 1 unspecified atom stereocenters. The lowest BCUT2D eigenvalue weighted by molar-refractivity contribution is 0.0700. The molecule has 1 atom stereocenters. The van der Waals surface area contributed by atoms with Crippen LogP contribution in [-0.4, -0.2) is 43.4 Å². The Labute approximate surface area is 183 Å². The van der Waals surface area contributed by atoms with E-state index in [-0.39, 0.29) is 17.6 Å². The molecule has 5 aromatic rings. The Morgan fingerprint density at radius 2 is 2.19 bits per heavy atom. The zero-order valence-electron chi connectivity index (χ0n) is 16.2. The quantitative estimate of drug-likeness (QED) is 0.391. The largest absolute Gasteiger partial charge is 0.339 e. The molecule has 10 heteroatoms. The van der Waals surface area contributed by atoms with E-state index in [1.165, 1.54) is 23.5 Å². The zero-order valence-corrected chi connectivity index (χ0v) is 17.8.